The average Bonchev–Trinajstić information content (AvgIpc) is 3.41. The van der Waals surface area contributed by atoms with Crippen LogP contribution in [0.3, 0.4) is 0 Å². The summed E-state index contributed by atoms with van der Waals surface area (Å²) in [5, 5.41) is 21.6. The molecule has 8 nitrogen and oxygen atoms in total. The molecule has 180 valence electrons. The molecule has 2 fully saturated rings. The summed E-state index contributed by atoms with van der Waals surface area (Å²) in [6.07, 6.45) is 1.38. The molecule has 2 N–H and O–H groups in total. The topological polar surface area (TPSA) is 106 Å². The van der Waals surface area contributed by atoms with Gasteiger partial charge in [-0.3, -0.25) is 9.59 Å². The van der Waals surface area contributed by atoms with Crippen molar-refractivity contribution >= 4 is 17.4 Å². The number of likely N-dealkylation sites (tertiary alicyclic amines) is 1. The number of phenols is 1. The van der Waals surface area contributed by atoms with Gasteiger partial charge in [0.25, 0.3) is 11.7 Å². The summed E-state index contributed by atoms with van der Waals surface area (Å²) in [7, 11) is 1.43. The van der Waals surface area contributed by atoms with Crippen molar-refractivity contribution in [2.24, 2.45) is 0 Å². The zero-order valence-corrected chi connectivity index (χ0v) is 19.5. The highest BCUT2D eigenvalue weighted by Gasteiger charge is 2.47. The number of methoxy groups -OCH3 is 1. The van der Waals surface area contributed by atoms with Gasteiger partial charge in [-0.1, -0.05) is 18.2 Å². The summed E-state index contributed by atoms with van der Waals surface area (Å²) in [5.74, 6) is -1.14. The first-order chi connectivity index (χ1) is 16.3. The third kappa shape index (κ3) is 4.59. The first-order valence-corrected chi connectivity index (χ1v) is 11.3. The molecule has 2 heterocycles. The number of phenolic OH excluding ortho intramolecular Hbond substituents is 1. The predicted molar refractivity (Wildman–Crippen MR) is 125 cm³/mol. The molecule has 2 unspecified atom stereocenters. The monoisotopic (exact) mass is 467 g/mol. The van der Waals surface area contributed by atoms with E-state index in [1.165, 1.54) is 18.1 Å². The maximum atomic E-state index is 13.2. The van der Waals surface area contributed by atoms with Gasteiger partial charge in [0.1, 0.15) is 11.5 Å². The highest BCUT2D eigenvalue weighted by molar-refractivity contribution is 6.46. The van der Waals surface area contributed by atoms with Crippen LogP contribution in [0, 0.1) is 0 Å². The third-order valence-corrected chi connectivity index (χ3v) is 5.96. The summed E-state index contributed by atoms with van der Waals surface area (Å²) in [6, 6.07) is 10.5. The molecular weight excluding hydrogens is 438 g/mol. The molecule has 2 atom stereocenters. The molecule has 0 aromatic heterocycles. The normalized spacial score (nSPS) is 21.9. The van der Waals surface area contributed by atoms with Crippen LogP contribution in [0.15, 0.2) is 48.0 Å². The number of benzene rings is 2. The van der Waals surface area contributed by atoms with Crippen molar-refractivity contribution < 1.29 is 34.0 Å². The summed E-state index contributed by atoms with van der Waals surface area (Å²) in [4.78, 5) is 27.7. The average molecular weight is 468 g/mol. The molecule has 2 aliphatic rings. The van der Waals surface area contributed by atoms with Crippen molar-refractivity contribution in [1.82, 2.24) is 4.90 Å². The number of ether oxygens (including phenoxy) is 3. The Morgan fingerprint density at radius 1 is 1.21 bits per heavy atom. The second-order valence-corrected chi connectivity index (χ2v) is 8.71. The van der Waals surface area contributed by atoms with Crippen LogP contribution < -0.4 is 9.47 Å². The number of aliphatic hydroxyl groups excluding tert-OH is 1. The maximum absolute atomic E-state index is 13.2. The van der Waals surface area contributed by atoms with Crippen molar-refractivity contribution in [3.63, 3.8) is 0 Å². The Bertz CT molecular complexity index is 1120. The molecule has 2 aromatic rings. The number of carbonyl (C=O) groups is 2. The maximum Gasteiger partial charge on any atom is 0.295 e. The Hall–Kier alpha value is -3.52. The minimum Gasteiger partial charge on any atom is -0.507 e. The SMILES string of the molecule is COc1ccc(C2/C(=C(/O)c3cccc(OC(C)C)c3)C(=O)C(=O)N2CC2CCCO2)cc1O. The van der Waals surface area contributed by atoms with Gasteiger partial charge in [0.05, 0.1) is 30.9 Å². The number of aliphatic hydroxyl groups is 1. The molecule has 2 saturated heterocycles. The van der Waals surface area contributed by atoms with Gasteiger partial charge >= 0.3 is 0 Å². The van der Waals surface area contributed by atoms with Crippen LogP contribution in [-0.4, -0.2) is 59.3 Å². The zero-order chi connectivity index (χ0) is 24.4. The van der Waals surface area contributed by atoms with Crippen molar-refractivity contribution in [2.45, 2.75) is 44.9 Å². The van der Waals surface area contributed by atoms with Crippen molar-refractivity contribution in [3.05, 3.63) is 59.2 Å². The van der Waals surface area contributed by atoms with Crippen molar-refractivity contribution in [2.75, 3.05) is 20.3 Å². The Morgan fingerprint density at radius 3 is 2.65 bits per heavy atom. The van der Waals surface area contributed by atoms with Gasteiger partial charge in [-0.05, 0) is 56.5 Å². The van der Waals surface area contributed by atoms with Crippen molar-refractivity contribution in [3.8, 4) is 17.2 Å². The lowest BCUT2D eigenvalue weighted by atomic mass is 9.94. The number of aromatic hydroxyl groups is 1. The lowest BCUT2D eigenvalue weighted by molar-refractivity contribution is -0.140. The van der Waals surface area contributed by atoms with E-state index in [0.29, 0.717) is 23.5 Å². The fourth-order valence-electron chi connectivity index (χ4n) is 4.44. The molecule has 4 rings (SSSR count). The molecular formula is C26H29NO7. The quantitative estimate of drug-likeness (QED) is 0.363. The smallest absolute Gasteiger partial charge is 0.295 e. The van der Waals surface area contributed by atoms with E-state index in [1.54, 1.807) is 36.4 Å². The minimum absolute atomic E-state index is 0.0470. The van der Waals surface area contributed by atoms with Gasteiger partial charge < -0.3 is 29.3 Å². The number of amides is 1. The molecule has 2 aliphatic heterocycles. The van der Waals surface area contributed by atoms with E-state index >= 15 is 0 Å². The van der Waals surface area contributed by atoms with E-state index in [9.17, 15) is 19.8 Å². The molecule has 0 spiro atoms. The highest BCUT2D eigenvalue weighted by atomic mass is 16.5. The summed E-state index contributed by atoms with van der Waals surface area (Å²) in [5.41, 5.74) is 0.789. The third-order valence-electron chi connectivity index (χ3n) is 5.96. The Balaban J connectivity index is 1.82. The zero-order valence-electron chi connectivity index (χ0n) is 19.5. The van der Waals surface area contributed by atoms with Gasteiger partial charge in [0, 0.05) is 18.7 Å². The molecule has 1 amide bonds. The van der Waals surface area contributed by atoms with E-state index in [4.69, 9.17) is 14.2 Å². The van der Waals surface area contributed by atoms with E-state index in [2.05, 4.69) is 0 Å². The molecule has 34 heavy (non-hydrogen) atoms. The Kier molecular flexibility index (Phi) is 6.79. The number of ketones is 1. The number of rotatable bonds is 7. The molecule has 2 aromatic carbocycles. The van der Waals surface area contributed by atoms with Gasteiger partial charge in [-0.15, -0.1) is 0 Å². The van der Waals surface area contributed by atoms with Crippen LogP contribution in [0.4, 0.5) is 0 Å². The molecule has 0 aliphatic carbocycles. The van der Waals surface area contributed by atoms with E-state index in [0.717, 1.165) is 12.8 Å². The van der Waals surface area contributed by atoms with Crippen LogP contribution in [0.2, 0.25) is 0 Å². The number of hydrogen-bond acceptors (Lipinski definition) is 7. The van der Waals surface area contributed by atoms with Gasteiger partial charge in [0.15, 0.2) is 11.5 Å². The lowest BCUT2D eigenvalue weighted by Gasteiger charge is -2.27. The second-order valence-electron chi connectivity index (χ2n) is 8.71. The summed E-state index contributed by atoms with van der Waals surface area (Å²) in [6.45, 7) is 4.58. The molecule has 0 bridgehead atoms. The van der Waals surface area contributed by atoms with Crippen LogP contribution in [0.25, 0.3) is 5.76 Å². The van der Waals surface area contributed by atoms with E-state index in [-0.39, 0.29) is 41.6 Å². The lowest BCUT2D eigenvalue weighted by Crippen LogP contribution is -2.36. The molecule has 8 heteroatoms. The number of carbonyl (C=O) groups excluding carboxylic acids is 2. The summed E-state index contributed by atoms with van der Waals surface area (Å²) < 4.78 is 16.6. The first kappa shape index (κ1) is 23.6. The van der Waals surface area contributed by atoms with Crippen LogP contribution in [0.5, 0.6) is 17.2 Å². The fourth-order valence-corrected chi connectivity index (χ4v) is 4.44. The van der Waals surface area contributed by atoms with Crippen LogP contribution in [0.1, 0.15) is 43.9 Å². The summed E-state index contributed by atoms with van der Waals surface area (Å²) >= 11 is 0. The standard InChI is InChI=1S/C26H29NO7/c1-15(2)34-18-7-4-6-17(12-18)24(29)22-23(16-9-10-21(32-3)20(28)13-16)27(26(31)25(22)30)14-19-8-5-11-33-19/h4,6-7,9-10,12-13,15,19,23,28-29H,5,8,11,14H2,1-3H3/b24-22-. The Labute approximate surface area is 198 Å². The minimum atomic E-state index is -0.893. The molecule has 0 saturated carbocycles. The largest absolute Gasteiger partial charge is 0.507 e. The van der Waals surface area contributed by atoms with Crippen molar-refractivity contribution in [1.29, 1.82) is 0 Å². The van der Waals surface area contributed by atoms with Crippen LogP contribution in [-0.2, 0) is 14.3 Å². The molecule has 0 radical (unpaired) electrons. The van der Waals surface area contributed by atoms with Gasteiger partial charge in [0.2, 0.25) is 0 Å². The van der Waals surface area contributed by atoms with Crippen LogP contribution >= 0.6 is 0 Å². The first-order valence-electron chi connectivity index (χ1n) is 11.3. The second kappa shape index (κ2) is 9.77. The van der Waals surface area contributed by atoms with E-state index in [1.807, 2.05) is 13.8 Å². The Morgan fingerprint density at radius 2 is 2.00 bits per heavy atom. The predicted octanol–water partition coefficient (Wildman–Crippen LogP) is 3.79. The highest BCUT2D eigenvalue weighted by Crippen LogP contribution is 2.42. The fraction of sp³-hybridized carbons (Fsp3) is 0.385. The number of Topliss-reactive ketones (excluding diaryl/α,β-unsaturated/α-hetero) is 1. The number of nitrogens with zero attached hydrogens (tertiary/aromatic N) is 1. The number of hydrogen-bond donors (Lipinski definition) is 2. The van der Waals surface area contributed by atoms with Gasteiger partial charge in [-0.25, -0.2) is 0 Å². The van der Waals surface area contributed by atoms with Gasteiger partial charge in [-0.2, -0.15) is 0 Å². The van der Waals surface area contributed by atoms with E-state index < -0.39 is 17.7 Å².